The van der Waals surface area contributed by atoms with Gasteiger partial charge in [-0.1, -0.05) is 12.1 Å². The summed E-state index contributed by atoms with van der Waals surface area (Å²) >= 11 is 0. The highest BCUT2D eigenvalue weighted by Gasteiger charge is 2.53. The third-order valence-corrected chi connectivity index (χ3v) is 4.87. The lowest BCUT2D eigenvalue weighted by atomic mass is 9.82. The summed E-state index contributed by atoms with van der Waals surface area (Å²) in [5.41, 5.74) is 0.387. The fourth-order valence-electron chi connectivity index (χ4n) is 3.39. The van der Waals surface area contributed by atoms with Gasteiger partial charge in [0.05, 0.1) is 20.1 Å². The third-order valence-electron chi connectivity index (χ3n) is 4.87. The van der Waals surface area contributed by atoms with Crippen LogP contribution in [-0.2, 0) is 14.2 Å². The van der Waals surface area contributed by atoms with Gasteiger partial charge in [-0.15, -0.1) is 6.58 Å². The minimum Gasteiger partial charge on any atom is -0.493 e. The number of allylic oxidation sites excluding steroid dienone is 1. The van der Waals surface area contributed by atoms with Crippen LogP contribution < -0.4 is 9.47 Å². The number of fused-ring (bicyclic) bond motifs is 1. The Morgan fingerprint density at radius 1 is 1.20 bits per heavy atom. The lowest BCUT2D eigenvalue weighted by Crippen LogP contribution is -2.37. The quantitative estimate of drug-likeness (QED) is 0.726. The molecule has 2 heterocycles. The molecule has 5 nitrogen and oxygen atoms in total. The van der Waals surface area contributed by atoms with Gasteiger partial charge in [-0.25, -0.2) is 0 Å². The van der Waals surface area contributed by atoms with Crippen molar-refractivity contribution >= 4 is 0 Å². The molecule has 1 aromatic rings. The average Bonchev–Trinajstić information content (AvgIpc) is 2.94. The largest absolute Gasteiger partial charge is 0.493 e. The van der Waals surface area contributed by atoms with Crippen LogP contribution in [0.3, 0.4) is 0 Å². The molecule has 0 saturated carbocycles. The molecule has 2 unspecified atom stereocenters. The van der Waals surface area contributed by atoms with Crippen LogP contribution in [0.15, 0.2) is 54.7 Å². The van der Waals surface area contributed by atoms with Crippen molar-refractivity contribution in [3.8, 4) is 11.5 Å². The van der Waals surface area contributed by atoms with Crippen LogP contribution >= 0.6 is 0 Å². The van der Waals surface area contributed by atoms with Crippen LogP contribution in [0.2, 0.25) is 0 Å². The Morgan fingerprint density at radius 3 is 2.60 bits per heavy atom. The molecule has 0 bridgehead atoms. The van der Waals surface area contributed by atoms with Crippen LogP contribution in [0, 0.1) is 5.92 Å². The maximum atomic E-state index is 6.20. The second-order valence-electron chi connectivity index (χ2n) is 6.24. The fourth-order valence-corrected chi connectivity index (χ4v) is 3.39. The van der Waals surface area contributed by atoms with Gasteiger partial charge in [-0.05, 0) is 30.7 Å². The number of hydrogen-bond donors (Lipinski definition) is 0. The van der Waals surface area contributed by atoms with Crippen molar-refractivity contribution in [2.75, 3.05) is 21.3 Å². The number of rotatable bonds is 6. The van der Waals surface area contributed by atoms with E-state index in [1.54, 1.807) is 27.6 Å². The standard InChI is InChI=1S/C20H24O5/c1-6-7-14-11-15-18(12-24-14)25-19(20(15,2)23-5)13-8-9-16(21-3)17(10-13)22-4/h6,8-12,15,19H,1,7H2,2-5H3/t15?,19?,20-/m1/s1. The van der Waals surface area contributed by atoms with Crippen LogP contribution in [0.4, 0.5) is 0 Å². The van der Waals surface area contributed by atoms with Crippen molar-refractivity contribution in [1.29, 1.82) is 0 Å². The Kier molecular flexibility index (Phi) is 4.77. The maximum Gasteiger partial charge on any atom is 0.161 e. The Balaban J connectivity index is 1.99. The zero-order chi connectivity index (χ0) is 18.0. The van der Waals surface area contributed by atoms with Gasteiger partial charge < -0.3 is 23.7 Å². The fraction of sp³-hybridized carbons (Fsp3) is 0.400. The predicted molar refractivity (Wildman–Crippen MR) is 94.3 cm³/mol. The molecule has 1 fully saturated rings. The average molecular weight is 344 g/mol. The molecule has 0 aliphatic carbocycles. The second-order valence-corrected chi connectivity index (χ2v) is 6.24. The Labute approximate surface area is 148 Å². The normalized spacial score (nSPS) is 27.4. The molecule has 0 radical (unpaired) electrons. The minimum absolute atomic E-state index is 0.0284. The van der Waals surface area contributed by atoms with E-state index in [1.165, 1.54) is 0 Å². The third kappa shape index (κ3) is 2.89. The van der Waals surface area contributed by atoms with Gasteiger partial charge in [0.2, 0.25) is 0 Å². The monoisotopic (exact) mass is 344 g/mol. The molecule has 0 amide bonds. The van der Waals surface area contributed by atoms with E-state index in [9.17, 15) is 0 Å². The molecular weight excluding hydrogens is 320 g/mol. The molecule has 2 aliphatic rings. The van der Waals surface area contributed by atoms with Crippen molar-refractivity contribution in [2.45, 2.75) is 25.0 Å². The molecule has 134 valence electrons. The van der Waals surface area contributed by atoms with Crippen LogP contribution in [0.5, 0.6) is 11.5 Å². The lowest BCUT2D eigenvalue weighted by Gasteiger charge is -2.32. The van der Waals surface area contributed by atoms with Crippen molar-refractivity contribution in [3.63, 3.8) is 0 Å². The highest BCUT2D eigenvalue weighted by molar-refractivity contribution is 5.45. The smallest absolute Gasteiger partial charge is 0.161 e. The molecule has 0 aromatic heterocycles. The summed E-state index contributed by atoms with van der Waals surface area (Å²) in [5, 5.41) is 0. The van der Waals surface area contributed by atoms with Crippen molar-refractivity contribution < 1.29 is 23.7 Å². The zero-order valence-electron chi connectivity index (χ0n) is 15.1. The predicted octanol–water partition coefficient (Wildman–Crippen LogP) is 4.13. The molecule has 3 rings (SSSR count). The van der Waals surface area contributed by atoms with Crippen molar-refractivity contribution in [2.24, 2.45) is 5.92 Å². The Morgan fingerprint density at radius 2 is 1.96 bits per heavy atom. The molecular formula is C20H24O5. The van der Waals surface area contributed by atoms with Crippen molar-refractivity contribution in [3.05, 3.63) is 60.3 Å². The van der Waals surface area contributed by atoms with E-state index in [0.717, 1.165) is 17.1 Å². The highest BCUT2D eigenvalue weighted by Crippen LogP contribution is 2.52. The lowest BCUT2D eigenvalue weighted by molar-refractivity contribution is -0.0645. The highest BCUT2D eigenvalue weighted by atomic mass is 16.6. The second kappa shape index (κ2) is 6.84. The summed E-state index contributed by atoms with van der Waals surface area (Å²) in [6, 6.07) is 5.77. The van der Waals surface area contributed by atoms with E-state index >= 15 is 0 Å². The summed E-state index contributed by atoms with van der Waals surface area (Å²) in [6.45, 7) is 5.81. The van der Waals surface area contributed by atoms with E-state index < -0.39 is 5.60 Å². The molecule has 3 atom stereocenters. The zero-order valence-corrected chi connectivity index (χ0v) is 15.1. The van der Waals surface area contributed by atoms with Gasteiger partial charge in [0.1, 0.15) is 23.4 Å². The van der Waals surface area contributed by atoms with Gasteiger partial charge in [-0.3, -0.25) is 0 Å². The SMILES string of the molecule is C=CCC1=CC2C(=CO1)OC(c1ccc(OC)c(OC)c1)[C@]2(C)OC. The molecule has 2 aliphatic heterocycles. The summed E-state index contributed by atoms with van der Waals surface area (Å²) in [5.74, 6) is 2.92. The Bertz CT molecular complexity index is 721. The summed E-state index contributed by atoms with van der Waals surface area (Å²) in [6.07, 6.45) is 5.91. The first-order chi connectivity index (χ1) is 12.1. The van der Waals surface area contributed by atoms with Gasteiger partial charge in [0.25, 0.3) is 0 Å². The molecule has 0 spiro atoms. The van der Waals surface area contributed by atoms with Crippen LogP contribution in [0.1, 0.15) is 25.0 Å². The van der Waals surface area contributed by atoms with Crippen LogP contribution in [-0.4, -0.2) is 26.9 Å². The summed E-state index contributed by atoms with van der Waals surface area (Å²) < 4.78 is 28.5. The first-order valence-electron chi connectivity index (χ1n) is 8.19. The van der Waals surface area contributed by atoms with E-state index in [4.69, 9.17) is 23.7 Å². The molecule has 25 heavy (non-hydrogen) atoms. The van der Waals surface area contributed by atoms with E-state index in [1.807, 2.05) is 31.2 Å². The van der Waals surface area contributed by atoms with E-state index in [2.05, 4.69) is 12.7 Å². The maximum absolute atomic E-state index is 6.20. The van der Waals surface area contributed by atoms with Crippen molar-refractivity contribution in [1.82, 2.24) is 0 Å². The van der Waals surface area contributed by atoms with E-state index in [0.29, 0.717) is 17.9 Å². The van der Waals surface area contributed by atoms with Gasteiger partial charge in [-0.2, -0.15) is 0 Å². The molecule has 5 heteroatoms. The van der Waals surface area contributed by atoms with Crippen LogP contribution in [0.25, 0.3) is 0 Å². The summed E-state index contributed by atoms with van der Waals surface area (Å²) in [7, 11) is 4.94. The topological polar surface area (TPSA) is 46.2 Å². The number of hydrogen-bond acceptors (Lipinski definition) is 5. The van der Waals surface area contributed by atoms with Gasteiger partial charge in [0.15, 0.2) is 17.6 Å². The minimum atomic E-state index is -0.568. The number of methoxy groups -OCH3 is 3. The Hall–Kier alpha value is -2.40. The van der Waals surface area contributed by atoms with Gasteiger partial charge >= 0.3 is 0 Å². The molecule has 1 aromatic carbocycles. The van der Waals surface area contributed by atoms with Gasteiger partial charge in [0, 0.05) is 13.5 Å². The number of benzene rings is 1. The molecule has 0 N–H and O–H groups in total. The number of ether oxygens (including phenoxy) is 5. The molecule has 1 saturated heterocycles. The summed E-state index contributed by atoms with van der Waals surface area (Å²) in [4.78, 5) is 0. The first-order valence-corrected chi connectivity index (χ1v) is 8.19. The first kappa shape index (κ1) is 17.4. The van der Waals surface area contributed by atoms with E-state index in [-0.39, 0.29) is 12.0 Å².